The highest BCUT2D eigenvalue weighted by Gasteiger charge is 2.20. The van der Waals surface area contributed by atoms with Crippen LogP contribution < -0.4 is 20.1 Å². The van der Waals surface area contributed by atoms with E-state index in [1.807, 2.05) is 19.1 Å². The number of ether oxygens (including phenoxy) is 2. The number of rotatable bonds is 8. The third kappa shape index (κ3) is 5.14. The molecule has 0 spiro atoms. The molecule has 2 N–H and O–H groups in total. The second kappa shape index (κ2) is 9.55. The fourth-order valence-electron chi connectivity index (χ4n) is 2.64. The quantitative estimate of drug-likeness (QED) is 0.706. The molecule has 1 aromatic rings. The molecule has 5 nitrogen and oxygen atoms in total. The van der Waals surface area contributed by atoms with Gasteiger partial charge < -0.3 is 20.1 Å². The van der Waals surface area contributed by atoms with E-state index < -0.39 is 0 Å². The van der Waals surface area contributed by atoms with Crippen LogP contribution in [-0.2, 0) is 11.3 Å². The SMILES string of the molecule is C=CCOc1c(Cl)cc(CN[C@H]2CCCCNC2=O)cc1OCC. The third-order valence-electron chi connectivity index (χ3n) is 3.80. The zero-order valence-electron chi connectivity index (χ0n) is 14.1. The Morgan fingerprint density at radius 2 is 2.25 bits per heavy atom. The van der Waals surface area contributed by atoms with Crippen LogP contribution in [0.5, 0.6) is 11.5 Å². The number of halogens is 1. The number of amides is 1. The highest BCUT2D eigenvalue weighted by atomic mass is 35.5. The van der Waals surface area contributed by atoms with E-state index in [1.165, 1.54) is 0 Å². The van der Waals surface area contributed by atoms with E-state index >= 15 is 0 Å². The van der Waals surface area contributed by atoms with Gasteiger partial charge in [0.1, 0.15) is 6.61 Å². The van der Waals surface area contributed by atoms with E-state index in [1.54, 1.807) is 6.08 Å². The summed E-state index contributed by atoms with van der Waals surface area (Å²) in [6, 6.07) is 3.57. The Labute approximate surface area is 148 Å². The van der Waals surface area contributed by atoms with E-state index in [9.17, 15) is 4.79 Å². The molecule has 0 bridgehead atoms. The molecule has 1 atom stereocenters. The lowest BCUT2D eigenvalue weighted by Gasteiger charge is -2.17. The molecule has 0 radical (unpaired) electrons. The van der Waals surface area contributed by atoms with Crippen molar-refractivity contribution in [3.63, 3.8) is 0 Å². The van der Waals surface area contributed by atoms with Gasteiger partial charge in [-0.05, 0) is 43.9 Å². The molecule has 1 amide bonds. The summed E-state index contributed by atoms with van der Waals surface area (Å²) in [5, 5.41) is 6.72. The lowest BCUT2D eigenvalue weighted by Crippen LogP contribution is -2.42. The summed E-state index contributed by atoms with van der Waals surface area (Å²) in [5.74, 6) is 1.19. The number of hydrogen-bond donors (Lipinski definition) is 2. The highest BCUT2D eigenvalue weighted by Crippen LogP contribution is 2.36. The Balaban J connectivity index is 2.09. The molecule has 2 rings (SSSR count). The lowest BCUT2D eigenvalue weighted by atomic mass is 10.1. The zero-order valence-corrected chi connectivity index (χ0v) is 14.8. The predicted molar refractivity (Wildman–Crippen MR) is 95.8 cm³/mol. The molecule has 0 saturated carbocycles. The maximum Gasteiger partial charge on any atom is 0.237 e. The molecule has 1 saturated heterocycles. The molecule has 1 aliphatic rings. The maximum atomic E-state index is 12.0. The molecule has 0 aliphatic carbocycles. The molecule has 0 aromatic heterocycles. The Morgan fingerprint density at radius 1 is 1.42 bits per heavy atom. The summed E-state index contributed by atoms with van der Waals surface area (Å²) in [6.07, 6.45) is 4.57. The van der Waals surface area contributed by atoms with Crippen LogP contribution >= 0.6 is 11.6 Å². The Kier molecular flexibility index (Phi) is 7.40. The monoisotopic (exact) mass is 352 g/mol. The minimum atomic E-state index is -0.168. The first-order valence-corrected chi connectivity index (χ1v) is 8.73. The highest BCUT2D eigenvalue weighted by molar-refractivity contribution is 6.32. The summed E-state index contributed by atoms with van der Waals surface area (Å²) in [7, 11) is 0. The summed E-state index contributed by atoms with van der Waals surface area (Å²) < 4.78 is 11.2. The van der Waals surface area contributed by atoms with E-state index in [0.717, 1.165) is 31.4 Å². The van der Waals surface area contributed by atoms with Crippen LogP contribution in [-0.4, -0.2) is 31.7 Å². The summed E-state index contributed by atoms with van der Waals surface area (Å²) in [6.45, 7) is 7.72. The van der Waals surface area contributed by atoms with Gasteiger partial charge in [-0.25, -0.2) is 0 Å². The van der Waals surface area contributed by atoms with Crippen molar-refractivity contribution in [2.45, 2.75) is 38.8 Å². The molecule has 6 heteroatoms. The van der Waals surface area contributed by atoms with Crippen molar-refractivity contribution in [1.29, 1.82) is 0 Å². The van der Waals surface area contributed by atoms with Crippen LogP contribution in [0.25, 0.3) is 0 Å². The number of hydrogen-bond acceptors (Lipinski definition) is 4. The van der Waals surface area contributed by atoms with E-state index in [0.29, 0.717) is 36.3 Å². The minimum absolute atomic E-state index is 0.0644. The minimum Gasteiger partial charge on any atom is -0.490 e. The van der Waals surface area contributed by atoms with Crippen LogP contribution in [0.4, 0.5) is 0 Å². The Hall–Kier alpha value is -1.72. The summed E-state index contributed by atoms with van der Waals surface area (Å²) >= 11 is 6.34. The van der Waals surface area contributed by atoms with Gasteiger partial charge in [0.2, 0.25) is 5.91 Å². The molecule has 1 aromatic carbocycles. The first-order valence-electron chi connectivity index (χ1n) is 8.35. The number of carbonyl (C=O) groups excluding carboxylic acids is 1. The van der Waals surface area contributed by atoms with Crippen LogP contribution in [0, 0.1) is 0 Å². The molecular weight excluding hydrogens is 328 g/mol. The van der Waals surface area contributed by atoms with Crippen molar-refractivity contribution in [2.75, 3.05) is 19.8 Å². The number of benzene rings is 1. The van der Waals surface area contributed by atoms with Crippen molar-refractivity contribution in [1.82, 2.24) is 10.6 Å². The zero-order chi connectivity index (χ0) is 17.4. The van der Waals surface area contributed by atoms with E-state index in [2.05, 4.69) is 17.2 Å². The smallest absolute Gasteiger partial charge is 0.237 e. The van der Waals surface area contributed by atoms with Gasteiger partial charge in [0.05, 0.1) is 17.7 Å². The molecule has 1 fully saturated rings. The second-order valence-corrected chi connectivity index (χ2v) is 6.07. The van der Waals surface area contributed by atoms with Gasteiger partial charge in [-0.2, -0.15) is 0 Å². The van der Waals surface area contributed by atoms with Crippen LogP contribution in [0.15, 0.2) is 24.8 Å². The van der Waals surface area contributed by atoms with Gasteiger partial charge in [0, 0.05) is 13.1 Å². The van der Waals surface area contributed by atoms with Crippen molar-refractivity contribution in [3.8, 4) is 11.5 Å². The van der Waals surface area contributed by atoms with Crippen molar-refractivity contribution in [3.05, 3.63) is 35.4 Å². The average Bonchev–Trinajstić information content (AvgIpc) is 2.77. The molecule has 132 valence electrons. The molecule has 0 unspecified atom stereocenters. The van der Waals surface area contributed by atoms with Crippen LogP contribution in [0.2, 0.25) is 5.02 Å². The van der Waals surface area contributed by atoms with Crippen LogP contribution in [0.3, 0.4) is 0 Å². The second-order valence-electron chi connectivity index (χ2n) is 5.66. The molecule has 24 heavy (non-hydrogen) atoms. The van der Waals surface area contributed by atoms with Gasteiger partial charge in [-0.3, -0.25) is 4.79 Å². The standard InChI is InChI=1S/C18H25ClN2O3/c1-3-9-24-17-14(19)10-13(11-16(17)23-4-2)12-21-15-7-5-6-8-20-18(15)22/h3,10-11,15,21H,1,4-9,12H2,2H3,(H,20,22)/t15-/m0/s1. The Morgan fingerprint density at radius 3 is 3.00 bits per heavy atom. The first-order chi connectivity index (χ1) is 11.7. The van der Waals surface area contributed by atoms with Gasteiger partial charge in [0.15, 0.2) is 11.5 Å². The number of carbonyl (C=O) groups is 1. The summed E-state index contributed by atoms with van der Waals surface area (Å²) in [5.41, 5.74) is 0.950. The number of nitrogens with one attached hydrogen (secondary N) is 2. The molecule has 1 aliphatic heterocycles. The van der Waals surface area contributed by atoms with Crippen molar-refractivity contribution < 1.29 is 14.3 Å². The van der Waals surface area contributed by atoms with Gasteiger partial charge in [-0.15, -0.1) is 0 Å². The van der Waals surface area contributed by atoms with Gasteiger partial charge >= 0.3 is 0 Å². The fourth-order valence-corrected chi connectivity index (χ4v) is 2.93. The lowest BCUT2D eigenvalue weighted by molar-refractivity contribution is -0.122. The molecule has 1 heterocycles. The van der Waals surface area contributed by atoms with Gasteiger partial charge in [-0.1, -0.05) is 24.3 Å². The van der Waals surface area contributed by atoms with E-state index in [4.69, 9.17) is 21.1 Å². The van der Waals surface area contributed by atoms with E-state index in [-0.39, 0.29) is 11.9 Å². The van der Waals surface area contributed by atoms with Gasteiger partial charge in [0.25, 0.3) is 0 Å². The van der Waals surface area contributed by atoms with Crippen molar-refractivity contribution >= 4 is 17.5 Å². The predicted octanol–water partition coefficient (Wildman–Crippen LogP) is 3.06. The summed E-state index contributed by atoms with van der Waals surface area (Å²) in [4.78, 5) is 12.0. The van der Waals surface area contributed by atoms with Crippen LogP contribution in [0.1, 0.15) is 31.7 Å². The van der Waals surface area contributed by atoms with Crippen molar-refractivity contribution in [2.24, 2.45) is 0 Å². The maximum absolute atomic E-state index is 12.0. The topological polar surface area (TPSA) is 59.6 Å². The fraction of sp³-hybridized carbons (Fsp3) is 0.500. The third-order valence-corrected chi connectivity index (χ3v) is 4.08. The molecular formula is C18H25ClN2O3. The average molecular weight is 353 g/mol. The Bertz CT molecular complexity index is 578. The normalized spacial score (nSPS) is 17.8. The first kappa shape index (κ1) is 18.6. The largest absolute Gasteiger partial charge is 0.490 e.